The van der Waals surface area contributed by atoms with Crippen molar-refractivity contribution in [1.82, 2.24) is 10.2 Å². The van der Waals surface area contributed by atoms with E-state index in [-0.39, 0.29) is 18.2 Å². The molecule has 1 aromatic carbocycles. The molecule has 0 aromatic heterocycles. The Morgan fingerprint density at radius 1 is 1.35 bits per heavy atom. The van der Waals surface area contributed by atoms with Crippen LogP contribution in [0.5, 0.6) is 0 Å². The molecule has 1 aliphatic rings. The van der Waals surface area contributed by atoms with Crippen molar-refractivity contribution in [2.24, 2.45) is 0 Å². The van der Waals surface area contributed by atoms with Crippen LogP contribution >= 0.6 is 0 Å². The number of hydrogen-bond acceptors (Lipinski definition) is 4. The Balaban J connectivity index is 0.00000127. The first-order valence-electron chi connectivity index (χ1n) is 7.89. The minimum absolute atomic E-state index is 0.160. The highest BCUT2D eigenvalue weighted by Crippen LogP contribution is 2.28. The molecule has 1 atom stereocenters. The molecule has 6 heteroatoms. The molecule has 0 fully saturated rings. The summed E-state index contributed by atoms with van der Waals surface area (Å²) in [6.45, 7) is 4.39. The Morgan fingerprint density at radius 3 is 2.61 bits per heavy atom. The van der Waals surface area contributed by atoms with Crippen LogP contribution < -0.4 is 10.6 Å². The first-order valence-corrected chi connectivity index (χ1v) is 7.89. The van der Waals surface area contributed by atoms with Crippen molar-refractivity contribution < 1.29 is 14.4 Å². The minimum atomic E-state index is -0.613. The fourth-order valence-electron chi connectivity index (χ4n) is 2.57. The summed E-state index contributed by atoms with van der Waals surface area (Å²) in [5.74, 6) is -0.404. The van der Waals surface area contributed by atoms with Crippen molar-refractivity contribution in [2.45, 2.75) is 39.3 Å². The van der Waals surface area contributed by atoms with Gasteiger partial charge in [0.1, 0.15) is 12.3 Å². The van der Waals surface area contributed by atoms with E-state index in [1.807, 2.05) is 33.0 Å². The molecule has 1 heterocycles. The number of anilines is 1. The lowest BCUT2D eigenvalue weighted by Gasteiger charge is -2.25. The maximum Gasteiger partial charge on any atom is 0.255 e. The SMILES string of the molecule is CC.CNC(=O)C(CCC=O)N1Cc2cc(NC)ccc2C1=O. The second-order valence-electron chi connectivity index (χ2n) is 4.93. The fraction of sp³-hybridized carbons (Fsp3) is 0.471. The Kier molecular flexibility index (Phi) is 7.25. The van der Waals surface area contributed by atoms with Gasteiger partial charge in [-0.25, -0.2) is 0 Å². The molecule has 2 amide bonds. The van der Waals surface area contributed by atoms with Gasteiger partial charge in [-0.3, -0.25) is 9.59 Å². The third-order valence-corrected chi connectivity index (χ3v) is 3.71. The summed E-state index contributed by atoms with van der Waals surface area (Å²) in [6.07, 6.45) is 1.35. The van der Waals surface area contributed by atoms with Gasteiger partial charge in [0.15, 0.2) is 0 Å². The highest BCUT2D eigenvalue weighted by Gasteiger charge is 2.35. The fourth-order valence-corrected chi connectivity index (χ4v) is 2.57. The number of fused-ring (bicyclic) bond motifs is 1. The second kappa shape index (κ2) is 8.92. The zero-order valence-electron chi connectivity index (χ0n) is 14.2. The number of likely N-dealkylation sites (N-methyl/N-ethyl adjacent to an activating group) is 1. The van der Waals surface area contributed by atoms with Crippen molar-refractivity contribution in [1.29, 1.82) is 0 Å². The van der Waals surface area contributed by atoms with Gasteiger partial charge in [0.25, 0.3) is 5.91 Å². The lowest BCUT2D eigenvalue weighted by Crippen LogP contribution is -2.46. The molecule has 0 spiro atoms. The van der Waals surface area contributed by atoms with Crippen LogP contribution in [-0.4, -0.2) is 43.1 Å². The maximum atomic E-state index is 12.5. The van der Waals surface area contributed by atoms with Crippen molar-refractivity contribution in [2.75, 3.05) is 19.4 Å². The van der Waals surface area contributed by atoms with E-state index in [1.54, 1.807) is 6.07 Å². The van der Waals surface area contributed by atoms with Crippen LogP contribution in [0.1, 0.15) is 42.6 Å². The van der Waals surface area contributed by atoms with E-state index >= 15 is 0 Å². The van der Waals surface area contributed by atoms with Gasteiger partial charge in [0.05, 0.1) is 0 Å². The summed E-state index contributed by atoms with van der Waals surface area (Å²) in [6, 6.07) is 4.90. The third-order valence-electron chi connectivity index (χ3n) is 3.71. The Morgan fingerprint density at radius 2 is 2.04 bits per heavy atom. The van der Waals surface area contributed by atoms with Crippen LogP contribution in [0.2, 0.25) is 0 Å². The van der Waals surface area contributed by atoms with Crippen molar-refractivity contribution >= 4 is 23.8 Å². The Hall–Kier alpha value is -2.37. The summed E-state index contributed by atoms with van der Waals surface area (Å²) >= 11 is 0. The molecular formula is C17H25N3O3. The number of rotatable bonds is 6. The van der Waals surface area contributed by atoms with Crippen molar-refractivity contribution in [3.05, 3.63) is 29.3 Å². The number of benzene rings is 1. The average Bonchev–Trinajstić information content (AvgIpc) is 2.92. The molecule has 1 aromatic rings. The monoisotopic (exact) mass is 319 g/mol. The largest absolute Gasteiger partial charge is 0.388 e. The predicted molar refractivity (Wildman–Crippen MR) is 90.4 cm³/mol. The predicted octanol–water partition coefficient (Wildman–Crippen LogP) is 1.80. The van der Waals surface area contributed by atoms with E-state index in [9.17, 15) is 14.4 Å². The van der Waals surface area contributed by atoms with E-state index < -0.39 is 6.04 Å². The topological polar surface area (TPSA) is 78.5 Å². The van der Waals surface area contributed by atoms with E-state index in [2.05, 4.69) is 10.6 Å². The minimum Gasteiger partial charge on any atom is -0.388 e. The zero-order chi connectivity index (χ0) is 17.4. The molecule has 0 bridgehead atoms. The molecule has 0 saturated carbocycles. The van der Waals surface area contributed by atoms with Gasteiger partial charge in [-0.15, -0.1) is 0 Å². The van der Waals surface area contributed by atoms with Gasteiger partial charge in [-0.05, 0) is 30.2 Å². The molecule has 1 unspecified atom stereocenters. The third kappa shape index (κ3) is 4.09. The normalized spacial score (nSPS) is 13.6. The maximum absolute atomic E-state index is 12.5. The highest BCUT2D eigenvalue weighted by atomic mass is 16.2. The van der Waals surface area contributed by atoms with Gasteiger partial charge in [0.2, 0.25) is 5.91 Å². The number of carbonyl (C=O) groups excluding carboxylic acids is 3. The molecular weight excluding hydrogens is 294 g/mol. The molecule has 0 radical (unpaired) electrons. The van der Waals surface area contributed by atoms with E-state index in [1.165, 1.54) is 11.9 Å². The van der Waals surface area contributed by atoms with E-state index in [0.29, 0.717) is 18.5 Å². The molecule has 0 aliphatic carbocycles. The van der Waals surface area contributed by atoms with E-state index in [4.69, 9.17) is 0 Å². The lowest BCUT2D eigenvalue weighted by molar-refractivity contribution is -0.125. The first kappa shape index (κ1) is 18.7. The molecule has 126 valence electrons. The molecule has 23 heavy (non-hydrogen) atoms. The summed E-state index contributed by atoms with van der Waals surface area (Å²) in [7, 11) is 3.34. The summed E-state index contributed by atoms with van der Waals surface area (Å²) in [5, 5.41) is 5.59. The number of hydrogen-bond donors (Lipinski definition) is 2. The van der Waals surface area contributed by atoms with Crippen LogP contribution in [0, 0.1) is 0 Å². The van der Waals surface area contributed by atoms with Crippen molar-refractivity contribution in [3.8, 4) is 0 Å². The number of aldehydes is 1. The smallest absolute Gasteiger partial charge is 0.255 e. The second-order valence-corrected chi connectivity index (χ2v) is 4.93. The molecule has 0 saturated heterocycles. The van der Waals surface area contributed by atoms with E-state index in [0.717, 1.165) is 17.5 Å². The quantitative estimate of drug-likeness (QED) is 0.784. The Labute approximate surface area is 137 Å². The van der Waals surface area contributed by atoms with Crippen LogP contribution in [0.4, 0.5) is 5.69 Å². The van der Waals surface area contributed by atoms with Crippen LogP contribution in [0.3, 0.4) is 0 Å². The standard InChI is InChI=1S/C15H19N3O3.C2H6/c1-16-11-5-6-12-10(8-11)9-18(15(12)21)13(4-3-7-19)14(20)17-2;1-2/h5-8,13,16H,3-4,9H2,1-2H3,(H,17,20);1-2H3. The molecule has 2 rings (SSSR count). The van der Waals surface area contributed by atoms with Gasteiger partial charge < -0.3 is 20.3 Å². The van der Waals surface area contributed by atoms with Gasteiger partial charge in [-0.1, -0.05) is 13.8 Å². The Bertz CT molecular complexity index is 572. The molecule has 2 N–H and O–H groups in total. The number of nitrogens with one attached hydrogen (secondary N) is 2. The van der Waals surface area contributed by atoms with Crippen LogP contribution in [0.25, 0.3) is 0 Å². The average molecular weight is 319 g/mol. The summed E-state index contributed by atoms with van der Waals surface area (Å²) in [5.41, 5.74) is 2.44. The lowest BCUT2D eigenvalue weighted by atomic mass is 10.1. The van der Waals surface area contributed by atoms with Crippen LogP contribution in [-0.2, 0) is 16.1 Å². The van der Waals surface area contributed by atoms with Gasteiger partial charge in [0, 0.05) is 38.3 Å². The summed E-state index contributed by atoms with van der Waals surface area (Å²) in [4.78, 5) is 36.6. The van der Waals surface area contributed by atoms with Crippen LogP contribution in [0.15, 0.2) is 18.2 Å². The molecule has 1 aliphatic heterocycles. The number of carbonyl (C=O) groups is 3. The highest BCUT2D eigenvalue weighted by molar-refractivity contribution is 6.01. The zero-order valence-corrected chi connectivity index (χ0v) is 14.2. The number of nitrogens with zero attached hydrogens (tertiary/aromatic N) is 1. The summed E-state index contributed by atoms with van der Waals surface area (Å²) < 4.78 is 0. The molecule has 6 nitrogen and oxygen atoms in total. The first-order chi connectivity index (χ1) is 11.1. The van der Waals surface area contributed by atoms with Gasteiger partial charge in [-0.2, -0.15) is 0 Å². The van der Waals surface area contributed by atoms with Crippen molar-refractivity contribution in [3.63, 3.8) is 0 Å². The van der Waals surface area contributed by atoms with Gasteiger partial charge >= 0.3 is 0 Å². The number of amides is 2.